The van der Waals surface area contributed by atoms with Crippen LogP contribution in [0.25, 0.3) is 11.0 Å². The van der Waals surface area contributed by atoms with E-state index in [9.17, 15) is 31.1 Å². The van der Waals surface area contributed by atoms with Crippen molar-refractivity contribution in [3.63, 3.8) is 0 Å². The Morgan fingerprint density at radius 1 is 1.00 bits per heavy atom. The molecule has 26 heavy (non-hydrogen) atoms. The molecule has 1 aromatic carbocycles. The predicted molar refractivity (Wildman–Crippen MR) is 80.7 cm³/mol. The summed E-state index contributed by atoms with van der Waals surface area (Å²) >= 11 is 0. The minimum atomic E-state index is -4.92. The Morgan fingerprint density at radius 2 is 1.62 bits per heavy atom. The van der Waals surface area contributed by atoms with Crippen LogP contribution in [0.3, 0.4) is 0 Å². The van der Waals surface area contributed by atoms with E-state index in [4.69, 9.17) is 0 Å². The van der Waals surface area contributed by atoms with Gasteiger partial charge in [-0.05, 0) is 35.9 Å². The first-order valence-electron chi connectivity index (χ1n) is 7.27. The van der Waals surface area contributed by atoms with Gasteiger partial charge in [-0.3, -0.25) is 4.79 Å². The number of alkyl halides is 6. The zero-order chi connectivity index (χ0) is 19.1. The van der Waals surface area contributed by atoms with Crippen LogP contribution >= 0.6 is 0 Å². The lowest BCUT2D eigenvalue weighted by atomic mass is 10.0. The van der Waals surface area contributed by atoms with Crippen LogP contribution in [0.15, 0.2) is 42.7 Å². The van der Waals surface area contributed by atoms with Crippen LogP contribution < -0.4 is 0 Å². The van der Waals surface area contributed by atoms with Crippen LogP contribution in [0.4, 0.5) is 26.3 Å². The van der Waals surface area contributed by atoms with Gasteiger partial charge in [-0.25, -0.2) is 4.98 Å². The molecule has 0 N–H and O–H groups in total. The second kappa shape index (κ2) is 6.15. The number of aromatic nitrogens is 2. The van der Waals surface area contributed by atoms with Crippen molar-refractivity contribution < 1.29 is 31.1 Å². The summed E-state index contributed by atoms with van der Waals surface area (Å²) in [4.78, 5) is 15.2. The number of rotatable bonds is 3. The Morgan fingerprint density at radius 3 is 2.15 bits per heavy atom. The van der Waals surface area contributed by atoms with E-state index in [-0.39, 0.29) is 23.7 Å². The highest BCUT2D eigenvalue weighted by Gasteiger charge is 2.36. The van der Waals surface area contributed by atoms with Gasteiger partial charge >= 0.3 is 12.4 Å². The molecule has 0 spiro atoms. The summed E-state index contributed by atoms with van der Waals surface area (Å²) < 4.78 is 79.1. The number of hydrogen-bond donors (Lipinski definition) is 0. The highest BCUT2D eigenvalue weighted by molar-refractivity contribution is 5.95. The number of hydrogen-bond acceptors (Lipinski definition) is 2. The average molecular weight is 372 g/mol. The van der Waals surface area contributed by atoms with Gasteiger partial charge in [0.15, 0.2) is 6.29 Å². The van der Waals surface area contributed by atoms with Crippen molar-refractivity contribution >= 4 is 17.3 Å². The van der Waals surface area contributed by atoms with Crippen LogP contribution in [0.5, 0.6) is 0 Å². The first kappa shape index (κ1) is 18.0. The standard InChI is InChI=1S/C17H10F6N2O/c18-16(19,20)12-4-10(5-13(6-12)17(21,22)23)7-25-8-11(9-26)14-2-1-3-24-15(14)25/h1-6,8-9H,7H2. The van der Waals surface area contributed by atoms with Gasteiger partial charge in [0.25, 0.3) is 0 Å². The largest absolute Gasteiger partial charge is 0.416 e. The summed E-state index contributed by atoms with van der Waals surface area (Å²) in [6, 6.07) is 4.56. The first-order chi connectivity index (χ1) is 12.1. The van der Waals surface area contributed by atoms with Crippen LogP contribution in [0, 0.1) is 0 Å². The summed E-state index contributed by atoms with van der Waals surface area (Å²) in [5.41, 5.74) is -2.44. The number of carbonyl (C=O) groups is 1. The molecule has 0 amide bonds. The molecule has 3 rings (SSSR count). The first-order valence-corrected chi connectivity index (χ1v) is 7.27. The van der Waals surface area contributed by atoms with E-state index >= 15 is 0 Å². The molecule has 3 aromatic rings. The van der Waals surface area contributed by atoms with E-state index in [2.05, 4.69) is 4.98 Å². The van der Waals surface area contributed by atoms with Crippen molar-refractivity contribution in [2.75, 3.05) is 0 Å². The Hall–Kier alpha value is -2.84. The van der Waals surface area contributed by atoms with Crippen molar-refractivity contribution in [1.82, 2.24) is 9.55 Å². The molecule has 0 saturated carbocycles. The molecule has 2 aromatic heterocycles. The van der Waals surface area contributed by atoms with Gasteiger partial charge in [-0.15, -0.1) is 0 Å². The van der Waals surface area contributed by atoms with Crippen molar-refractivity contribution in [3.8, 4) is 0 Å². The summed E-state index contributed by atoms with van der Waals surface area (Å²) in [7, 11) is 0. The molecule has 0 radical (unpaired) electrons. The summed E-state index contributed by atoms with van der Waals surface area (Å²) in [6.07, 6.45) is -6.52. The van der Waals surface area contributed by atoms with Crippen molar-refractivity contribution in [1.29, 1.82) is 0 Å². The minimum Gasteiger partial charge on any atom is -0.327 e. The third-order valence-corrected chi connectivity index (χ3v) is 3.79. The molecule has 0 unspecified atom stereocenters. The molecule has 0 aliphatic heterocycles. The quantitative estimate of drug-likeness (QED) is 0.482. The predicted octanol–water partition coefficient (Wildman–Crippen LogP) is 4.93. The summed E-state index contributed by atoms with van der Waals surface area (Å²) in [6.45, 7) is -0.297. The third kappa shape index (κ3) is 3.42. The van der Waals surface area contributed by atoms with Crippen molar-refractivity contribution in [2.24, 2.45) is 0 Å². The Labute approximate surface area is 142 Å². The summed E-state index contributed by atoms with van der Waals surface area (Å²) in [5.74, 6) is 0. The van der Waals surface area contributed by atoms with Crippen LogP contribution in [-0.2, 0) is 18.9 Å². The molecule has 136 valence electrons. The second-order valence-corrected chi connectivity index (χ2v) is 5.62. The number of benzene rings is 1. The third-order valence-electron chi connectivity index (χ3n) is 3.79. The minimum absolute atomic E-state index is 0.0758. The number of carbonyl (C=O) groups excluding carboxylic acids is 1. The lowest BCUT2D eigenvalue weighted by molar-refractivity contribution is -0.143. The molecular formula is C17H10F6N2O. The van der Waals surface area contributed by atoms with Crippen LogP contribution in [0.2, 0.25) is 0 Å². The van der Waals surface area contributed by atoms with E-state index in [1.54, 1.807) is 12.1 Å². The molecule has 0 aliphatic carbocycles. The Kier molecular flexibility index (Phi) is 4.25. The van der Waals surface area contributed by atoms with Gasteiger partial charge < -0.3 is 4.57 Å². The fourth-order valence-corrected chi connectivity index (χ4v) is 2.67. The molecule has 0 bridgehead atoms. The molecule has 3 nitrogen and oxygen atoms in total. The second-order valence-electron chi connectivity index (χ2n) is 5.62. The highest BCUT2D eigenvalue weighted by atomic mass is 19.4. The Bertz CT molecular complexity index is 939. The average Bonchev–Trinajstić information content (AvgIpc) is 2.91. The summed E-state index contributed by atoms with van der Waals surface area (Å²) in [5, 5.41) is 0.463. The Balaban J connectivity index is 2.12. The number of pyridine rings is 1. The molecular weight excluding hydrogens is 362 g/mol. The maximum absolute atomic E-state index is 13.0. The van der Waals surface area contributed by atoms with E-state index in [1.165, 1.54) is 17.0 Å². The van der Waals surface area contributed by atoms with Crippen molar-refractivity contribution in [2.45, 2.75) is 18.9 Å². The smallest absolute Gasteiger partial charge is 0.327 e. The number of fused-ring (bicyclic) bond motifs is 1. The van der Waals surface area contributed by atoms with Crippen LogP contribution in [-0.4, -0.2) is 15.8 Å². The van der Waals surface area contributed by atoms with Crippen LogP contribution in [0.1, 0.15) is 27.0 Å². The molecule has 9 heteroatoms. The monoisotopic (exact) mass is 372 g/mol. The maximum Gasteiger partial charge on any atom is 0.416 e. The van der Waals surface area contributed by atoms with Gasteiger partial charge in [0.2, 0.25) is 0 Å². The number of nitrogens with zero attached hydrogens (tertiary/aromatic N) is 2. The molecule has 0 atom stereocenters. The fourth-order valence-electron chi connectivity index (χ4n) is 2.67. The SMILES string of the molecule is O=Cc1cn(Cc2cc(C(F)(F)F)cc(C(F)(F)F)c2)c2ncccc12. The zero-order valence-electron chi connectivity index (χ0n) is 12.9. The molecule has 2 heterocycles. The van der Waals surface area contributed by atoms with Crippen molar-refractivity contribution in [3.05, 3.63) is 65.0 Å². The molecule has 0 saturated heterocycles. The number of halogens is 6. The van der Waals surface area contributed by atoms with Gasteiger partial charge in [-0.1, -0.05) is 0 Å². The van der Waals surface area contributed by atoms with E-state index in [0.29, 0.717) is 29.5 Å². The van der Waals surface area contributed by atoms with Gasteiger partial charge in [0.05, 0.1) is 11.1 Å². The van der Waals surface area contributed by atoms with E-state index < -0.39 is 23.5 Å². The fraction of sp³-hybridized carbons (Fsp3) is 0.176. The van der Waals surface area contributed by atoms with Gasteiger partial charge in [0, 0.05) is 29.9 Å². The molecule has 0 fully saturated rings. The van der Waals surface area contributed by atoms with Gasteiger partial charge in [0.1, 0.15) is 5.65 Å². The maximum atomic E-state index is 13.0. The van der Waals surface area contributed by atoms with E-state index in [1.807, 2.05) is 0 Å². The normalized spacial score (nSPS) is 12.5. The topological polar surface area (TPSA) is 34.9 Å². The lowest BCUT2D eigenvalue weighted by Gasteiger charge is -2.14. The highest BCUT2D eigenvalue weighted by Crippen LogP contribution is 2.36. The van der Waals surface area contributed by atoms with Gasteiger partial charge in [-0.2, -0.15) is 26.3 Å². The zero-order valence-corrected chi connectivity index (χ0v) is 12.9. The molecule has 0 aliphatic rings. The number of aldehydes is 1. The van der Waals surface area contributed by atoms with E-state index in [0.717, 1.165) is 0 Å². The lowest BCUT2D eigenvalue weighted by Crippen LogP contribution is -2.12.